The summed E-state index contributed by atoms with van der Waals surface area (Å²) in [6.07, 6.45) is 5.30. The van der Waals surface area contributed by atoms with Crippen LogP contribution in [0.1, 0.15) is 43.0 Å². The largest absolute Gasteiger partial charge is 0.489 e. The number of aromatic nitrogens is 2. The number of carbonyl (C=O) groups is 3. The molecule has 2 aromatic heterocycles. The fourth-order valence-corrected chi connectivity index (χ4v) is 6.12. The molecule has 5 aromatic carbocycles. The highest BCUT2D eigenvalue weighted by Crippen LogP contribution is 2.31. The summed E-state index contributed by atoms with van der Waals surface area (Å²) in [5, 5.41) is 13.3. The van der Waals surface area contributed by atoms with Gasteiger partial charge in [0.2, 0.25) is 0 Å². The third-order valence-electron chi connectivity index (χ3n) is 8.55. The number of carboxylic acid groups (broad SMARTS) is 1. The zero-order chi connectivity index (χ0) is 36.7. The molecule has 9 nitrogen and oxygen atoms in total. The Morgan fingerprint density at radius 1 is 0.717 bits per heavy atom. The van der Waals surface area contributed by atoms with E-state index >= 15 is 0 Å². The van der Waals surface area contributed by atoms with E-state index in [4.69, 9.17) is 21.1 Å². The van der Waals surface area contributed by atoms with Gasteiger partial charge in [-0.15, -0.1) is 0 Å². The Labute approximate surface area is 310 Å². The number of nitrogens with one attached hydrogen (secondary N) is 1. The number of carbonyl (C=O) groups excluding carboxylic acids is 2. The van der Waals surface area contributed by atoms with Crippen LogP contribution in [0.15, 0.2) is 146 Å². The van der Waals surface area contributed by atoms with Crippen LogP contribution in [-0.2, 0) is 24.4 Å². The lowest BCUT2D eigenvalue weighted by molar-refractivity contribution is -0.112. The van der Waals surface area contributed by atoms with E-state index in [9.17, 15) is 19.5 Å². The maximum Gasteiger partial charge on any atom is 0.339 e. The molecule has 7 aromatic rings. The number of halogens is 1. The topological polar surface area (TPSA) is 120 Å². The Bertz CT molecular complexity index is 2430. The molecule has 10 heteroatoms. The number of Topliss-reactive ketones (excluding diaryl/α,β-unsaturated/α-hetero) is 1. The zero-order valence-corrected chi connectivity index (χ0v) is 29.0. The molecule has 0 bridgehead atoms. The third kappa shape index (κ3) is 8.44. The van der Waals surface area contributed by atoms with Crippen LogP contribution in [0.5, 0.6) is 17.2 Å². The highest BCUT2D eigenvalue weighted by molar-refractivity contribution is 6.48. The van der Waals surface area contributed by atoms with Gasteiger partial charge in [-0.1, -0.05) is 96.5 Å². The Kier molecular flexibility index (Phi) is 10.3. The van der Waals surface area contributed by atoms with E-state index < -0.39 is 17.7 Å². The molecule has 7 rings (SSSR count). The van der Waals surface area contributed by atoms with Gasteiger partial charge in [0, 0.05) is 41.6 Å². The van der Waals surface area contributed by atoms with Gasteiger partial charge < -0.3 is 24.5 Å². The van der Waals surface area contributed by atoms with Crippen molar-refractivity contribution in [2.75, 3.05) is 5.32 Å². The zero-order valence-electron chi connectivity index (χ0n) is 28.2. The molecule has 2 N–H and O–H groups in total. The summed E-state index contributed by atoms with van der Waals surface area (Å²) in [4.78, 5) is 43.4. The van der Waals surface area contributed by atoms with Crippen LogP contribution in [0.2, 0.25) is 5.02 Å². The fourth-order valence-electron chi connectivity index (χ4n) is 5.96. The van der Waals surface area contributed by atoms with Crippen molar-refractivity contribution in [2.24, 2.45) is 0 Å². The molecule has 0 saturated heterocycles. The number of hydrogen-bond donors (Lipinski definition) is 2. The van der Waals surface area contributed by atoms with Gasteiger partial charge in [-0.25, -0.2) is 4.79 Å². The predicted molar refractivity (Wildman–Crippen MR) is 203 cm³/mol. The van der Waals surface area contributed by atoms with E-state index in [0.29, 0.717) is 29.3 Å². The van der Waals surface area contributed by atoms with Crippen molar-refractivity contribution in [3.63, 3.8) is 0 Å². The second-order valence-corrected chi connectivity index (χ2v) is 12.8. The second kappa shape index (κ2) is 15.7. The van der Waals surface area contributed by atoms with Crippen molar-refractivity contribution in [1.29, 1.82) is 0 Å². The van der Waals surface area contributed by atoms with Gasteiger partial charge in [-0.05, 0) is 65.1 Å². The van der Waals surface area contributed by atoms with E-state index in [0.717, 1.165) is 23.1 Å². The molecule has 0 saturated carbocycles. The van der Waals surface area contributed by atoms with Gasteiger partial charge >= 0.3 is 5.97 Å². The van der Waals surface area contributed by atoms with Crippen LogP contribution in [0.3, 0.4) is 0 Å². The van der Waals surface area contributed by atoms with E-state index in [1.54, 1.807) is 12.3 Å². The number of ether oxygens (including phenoxy) is 2. The third-order valence-corrected chi connectivity index (χ3v) is 8.76. The van der Waals surface area contributed by atoms with Crippen LogP contribution in [-0.4, -0.2) is 32.3 Å². The number of fused-ring (bicyclic) bond motifs is 1. The Morgan fingerprint density at radius 2 is 1.42 bits per heavy atom. The SMILES string of the molecule is O=C(Nc1ccc(Oc2cncc(Cl)c2)c(C(=O)O)c1)C(=O)c1cn(Cc2ccc(Cc3ccccc3)cc2)c2ccc(OCc3ccccc3)cc12. The Hall–Kier alpha value is -6.71. The first-order chi connectivity index (χ1) is 25.8. The molecule has 0 aliphatic heterocycles. The summed E-state index contributed by atoms with van der Waals surface area (Å²) in [5.41, 5.74) is 5.19. The monoisotopic (exact) mass is 721 g/mol. The summed E-state index contributed by atoms with van der Waals surface area (Å²) in [7, 11) is 0. The molecule has 0 spiro atoms. The number of anilines is 1. The lowest BCUT2D eigenvalue weighted by Gasteiger charge is -2.11. The second-order valence-electron chi connectivity index (χ2n) is 12.3. The molecule has 0 aliphatic carbocycles. The molecule has 1 amide bonds. The molecule has 262 valence electrons. The van der Waals surface area contributed by atoms with Gasteiger partial charge in [0.15, 0.2) is 0 Å². The smallest absolute Gasteiger partial charge is 0.339 e. The number of benzene rings is 5. The minimum absolute atomic E-state index is 0.00472. The summed E-state index contributed by atoms with van der Waals surface area (Å²) < 4.78 is 13.7. The van der Waals surface area contributed by atoms with E-state index in [1.807, 2.05) is 65.2 Å². The van der Waals surface area contributed by atoms with E-state index in [2.05, 4.69) is 46.7 Å². The quantitative estimate of drug-likeness (QED) is 0.0900. The average Bonchev–Trinajstić information content (AvgIpc) is 3.53. The molecular weight excluding hydrogens is 690 g/mol. The molecular formula is C43H32ClN3O6. The highest BCUT2D eigenvalue weighted by atomic mass is 35.5. The lowest BCUT2D eigenvalue weighted by Crippen LogP contribution is -2.23. The van der Waals surface area contributed by atoms with Crippen LogP contribution >= 0.6 is 11.6 Å². The lowest BCUT2D eigenvalue weighted by atomic mass is 10.0. The van der Waals surface area contributed by atoms with Gasteiger partial charge in [0.05, 0.1) is 16.8 Å². The summed E-state index contributed by atoms with van der Waals surface area (Å²) >= 11 is 5.99. The number of nitrogens with zero attached hydrogens (tertiary/aromatic N) is 2. The number of aromatic carboxylic acids is 1. The van der Waals surface area contributed by atoms with Crippen molar-refractivity contribution in [3.8, 4) is 17.2 Å². The minimum Gasteiger partial charge on any atom is -0.489 e. The van der Waals surface area contributed by atoms with Gasteiger partial charge in [-0.2, -0.15) is 0 Å². The first-order valence-corrected chi connectivity index (χ1v) is 17.1. The molecule has 0 atom stereocenters. The minimum atomic E-state index is -1.29. The predicted octanol–water partition coefficient (Wildman–Crippen LogP) is 9.22. The molecule has 53 heavy (non-hydrogen) atoms. The number of rotatable bonds is 13. The van der Waals surface area contributed by atoms with Gasteiger partial charge in [0.1, 0.15) is 29.4 Å². The van der Waals surface area contributed by atoms with Crippen LogP contribution in [0.4, 0.5) is 5.69 Å². The fraction of sp³-hybridized carbons (Fsp3) is 0.0698. The molecule has 0 unspecified atom stereocenters. The van der Waals surface area contributed by atoms with Crippen molar-refractivity contribution in [1.82, 2.24) is 9.55 Å². The van der Waals surface area contributed by atoms with Crippen LogP contribution in [0.25, 0.3) is 10.9 Å². The highest BCUT2D eigenvalue weighted by Gasteiger charge is 2.24. The normalized spacial score (nSPS) is 10.9. The number of carboxylic acids is 1. The number of pyridine rings is 1. The summed E-state index contributed by atoms with van der Waals surface area (Å²) in [6.45, 7) is 0.776. The van der Waals surface area contributed by atoms with Crippen molar-refractivity contribution >= 4 is 45.9 Å². The summed E-state index contributed by atoms with van der Waals surface area (Å²) in [6, 6.07) is 39.3. The summed E-state index contributed by atoms with van der Waals surface area (Å²) in [5.74, 6) is -2.25. The van der Waals surface area contributed by atoms with Crippen LogP contribution in [0, 0.1) is 0 Å². The number of ketones is 1. The molecule has 2 heterocycles. The maximum atomic E-state index is 13.9. The number of hydrogen-bond acceptors (Lipinski definition) is 6. The first kappa shape index (κ1) is 34.7. The Morgan fingerprint density at radius 3 is 2.13 bits per heavy atom. The van der Waals surface area contributed by atoms with Gasteiger partial charge in [-0.3, -0.25) is 14.6 Å². The van der Waals surface area contributed by atoms with E-state index in [1.165, 1.54) is 47.8 Å². The average molecular weight is 722 g/mol. The standard InChI is InChI=1S/C43H32ClN3O6/c44-32-20-35(24-45-23-32)53-40-18-15-33(21-37(40)43(50)51)46-42(49)41(48)38-26-47(25-30-13-11-29(12-14-30)19-28-7-3-1-4-8-28)39-17-16-34(22-36(38)39)52-27-31-9-5-2-6-10-31/h1-18,20-24,26H,19,25,27H2,(H,46,49)(H,50,51). The Balaban J connectivity index is 1.15. The molecule has 0 fully saturated rings. The van der Waals surface area contributed by atoms with Crippen molar-refractivity contribution in [2.45, 2.75) is 19.6 Å². The van der Waals surface area contributed by atoms with E-state index in [-0.39, 0.29) is 28.3 Å². The van der Waals surface area contributed by atoms with Crippen LogP contribution < -0.4 is 14.8 Å². The number of amides is 1. The molecule has 0 aliphatic rings. The first-order valence-electron chi connectivity index (χ1n) is 16.7. The van der Waals surface area contributed by atoms with Crippen molar-refractivity contribution in [3.05, 3.63) is 184 Å². The van der Waals surface area contributed by atoms with Crippen molar-refractivity contribution < 1.29 is 29.0 Å². The maximum absolute atomic E-state index is 13.9. The van der Waals surface area contributed by atoms with Gasteiger partial charge in [0.25, 0.3) is 11.7 Å². The molecule has 0 radical (unpaired) electrons.